The van der Waals surface area contributed by atoms with Crippen LogP contribution in [0.2, 0.25) is 0 Å². The Kier molecular flexibility index (Phi) is 4.46. The lowest BCUT2D eigenvalue weighted by atomic mass is 9.96. The van der Waals surface area contributed by atoms with Crippen molar-refractivity contribution in [3.8, 4) is 0 Å². The van der Waals surface area contributed by atoms with E-state index in [2.05, 4.69) is 49.7 Å². The third kappa shape index (κ3) is 3.40. The summed E-state index contributed by atoms with van der Waals surface area (Å²) in [6.45, 7) is 5.00. The maximum absolute atomic E-state index is 4.68. The van der Waals surface area contributed by atoms with Crippen LogP contribution >= 0.6 is 0 Å². The smallest absolute Gasteiger partial charge is 0.131 e. The Morgan fingerprint density at radius 3 is 2.88 bits per heavy atom. The van der Waals surface area contributed by atoms with Gasteiger partial charge in [-0.25, -0.2) is 9.97 Å². The molecule has 3 aromatic heterocycles. The number of rotatable bonds is 4. The zero-order valence-electron chi connectivity index (χ0n) is 14.5. The summed E-state index contributed by atoms with van der Waals surface area (Å²) in [6, 6.07) is 8.23. The van der Waals surface area contributed by atoms with Crippen molar-refractivity contribution in [3.63, 3.8) is 0 Å². The molecular formula is C20H23N5. The van der Waals surface area contributed by atoms with Crippen LogP contribution in [-0.4, -0.2) is 32.6 Å². The monoisotopic (exact) mass is 333 g/mol. The minimum absolute atomic E-state index is 0.432. The summed E-state index contributed by atoms with van der Waals surface area (Å²) >= 11 is 0. The highest BCUT2D eigenvalue weighted by atomic mass is 15.2. The molecule has 0 saturated carbocycles. The van der Waals surface area contributed by atoms with Gasteiger partial charge < -0.3 is 9.47 Å². The van der Waals surface area contributed by atoms with Crippen molar-refractivity contribution in [1.82, 2.24) is 19.5 Å². The highest BCUT2D eigenvalue weighted by Crippen LogP contribution is 2.29. The third-order valence-electron chi connectivity index (χ3n) is 4.89. The average molecular weight is 333 g/mol. The van der Waals surface area contributed by atoms with Gasteiger partial charge in [-0.2, -0.15) is 0 Å². The number of aryl methyl sites for hydroxylation is 1. The van der Waals surface area contributed by atoms with E-state index >= 15 is 0 Å². The van der Waals surface area contributed by atoms with E-state index in [1.165, 1.54) is 29.8 Å². The van der Waals surface area contributed by atoms with Crippen LogP contribution in [0.3, 0.4) is 0 Å². The minimum Gasteiger partial charge on any atom is -0.356 e. The molecule has 4 rings (SSSR count). The van der Waals surface area contributed by atoms with Gasteiger partial charge in [0.25, 0.3) is 0 Å². The predicted molar refractivity (Wildman–Crippen MR) is 98.7 cm³/mol. The van der Waals surface area contributed by atoms with Crippen LogP contribution in [0.15, 0.2) is 55.2 Å². The highest BCUT2D eigenvalue weighted by Gasteiger charge is 2.26. The molecular weight excluding hydrogens is 310 g/mol. The van der Waals surface area contributed by atoms with Gasteiger partial charge in [-0.05, 0) is 43.0 Å². The average Bonchev–Trinajstić information content (AvgIpc) is 3.11. The summed E-state index contributed by atoms with van der Waals surface area (Å²) < 4.78 is 2.26. The van der Waals surface area contributed by atoms with E-state index < -0.39 is 0 Å². The Morgan fingerprint density at radius 1 is 1.12 bits per heavy atom. The van der Waals surface area contributed by atoms with Gasteiger partial charge in [-0.15, -0.1) is 0 Å². The SMILES string of the molecule is Cc1cccnc1N1CCC[C@@H](c2nccn2Cc2cccnc2)C1. The molecule has 0 unspecified atom stereocenters. The van der Waals surface area contributed by atoms with Crippen LogP contribution in [0, 0.1) is 6.92 Å². The maximum Gasteiger partial charge on any atom is 0.131 e. The van der Waals surface area contributed by atoms with Crippen LogP contribution < -0.4 is 4.90 Å². The van der Waals surface area contributed by atoms with Crippen molar-refractivity contribution in [2.75, 3.05) is 18.0 Å². The predicted octanol–water partition coefficient (Wildman–Crippen LogP) is 3.41. The van der Waals surface area contributed by atoms with Crippen LogP contribution in [0.5, 0.6) is 0 Å². The molecule has 128 valence electrons. The molecule has 0 radical (unpaired) electrons. The van der Waals surface area contributed by atoms with Crippen molar-refractivity contribution < 1.29 is 0 Å². The lowest BCUT2D eigenvalue weighted by Crippen LogP contribution is -2.36. The number of pyridine rings is 2. The standard InChI is InChI=1S/C20H23N5/c1-16-5-2-9-22-19(16)24-11-4-7-18(15-24)20-23-10-12-25(20)14-17-6-3-8-21-13-17/h2-3,5-6,8-10,12-13,18H,4,7,11,14-15H2,1H3/t18-/m1/s1. The van der Waals surface area contributed by atoms with Crippen molar-refractivity contribution in [3.05, 3.63) is 72.2 Å². The largest absolute Gasteiger partial charge is 0.356 e. The Bertz CT molecular complexity index is 827. The summed E-state index contributed by atoms with van der Waals surface area (Å²) in [4.78, 5) is 15.9. The van der Waals surface area contributed by atoms with Gasteiger partial charge in [-0.3, -0.25) is 4.98 Å². The van der Waals surface area contributed by atoms with E-state index in [9.17, 15) is 0 Å². The molecule has 1 saturated heterocycles. The number of anilines is 1. The molecule has 3 aromatic rings. The summed E-state index contributed by atoms with van der Waals surface area (Å²) in [5.74, 6) is 2.71. The van der Waals surface area contributed by atoms with Crippen molar-refractivity contribution in [2.24, 2.45) is 0 Å². The fourth-order valence-electron chi connectivity index (χ4n) is 3.69. The Hall–Kier alpha value is -2.69. The first-order valence-corrected chi connectivity index (χ1v) is 8.88. The topological polar surface area (TPSA) is 46.8 Å². The molecule has 0 amide bonds. The molecule has 1 aliphatic heterocycles. The lowest BCUT2D eigenvalue weighted by Gasteiger charge is -2.34. The number of aromatic nitrogens is 4. The van der Waals surface area contributed by atoms with E-state index in [1.807, 2.05) is 36.9 Å². The first-order valence-electron chi connectivity index (χ1n) is 8.88. The van der Waals surface area contributed by atoms with Crippen molar-refractivity contribution in [1.29, 1.82) is 0 Å². The lowest BCUT2D eigenvalue weighted by molar-refractivity contribution is 0.473. The van der Waals surface area contributed by atoms with Gasteiger partial charge in [0.2, 0.25) is 0 Å². The second-order valence-electron chi connectivity index (χ2n) is 6.70. The molecule has 0 N–H and O–H groups in total. The van der Waals surface area contributed by atoms with E-state index in [0.29, 0.717) is 5.92 Å². The number of piperidine rings is 1. The Labute approximate surface area is 148 Å². The van der Waals surface area contributed by atoms with Crippen LogP contribution in [0.25, 0.3) is 0 Å². The number of nitrogens with zero attached hydrogens (tertiary/aromatic N) is 5. The van der Waals surface area contributed by atoms with E-state index in [4.69, 9.17) is 0 Å². The van der Waals surface area contributed by atoms with E-state index in [0.717, 1.165) is 25.5 Å². The molecule has 25 heavy (non-hydrogen) atoms. The fourth-order valence-corrected chi connectivity index (χ4v) is 3.69. The maximum atomic E-state index is 4.68. The minimum atomic E-state index is 0.432. The van der Waals surface area contributed by atoms with Gasteiger partial charge in [0.1, 0.15) is 11.6 Å². The first-order chi connectivity index (χ1) is 12.3. The molecule has 0 aromatic carbocycles. The van der Waals surface area contributed by atoms with Crippen LogP contribution in [-0.2, 0) is 6.54 Å². The van der Waals surface area contributed by atoms with Gasteiger partial charge >= 0.3 is 0 Å². The number of imidazole rings is 1. The van der Waals surface area contributed by atoms with Crippen LogP contribution in [0.4, 0.5) is 5.82 Å². The molecule has 5 nitrogen and oxygen atoms in total. The van der Waals surface area contributed by atoms with Gasteiger partial charge in [-0.1, -0.05) is 12.1 Å². The second-order valence-corrected chi connectivity index (χ2v) is 6.70. The molecule has 0 spiro atoms. The van der Waals surface area contributed by atoms with Crippen molar-refractivity contribution >= 4 is 5.82 Å². The Balaban J connectivity index is 1.54. The molecule has 0 aliphatic carbocycles. The van der Waals surface area contributed by atoms with E-state index in [-0.39, 0.29) is 0 Å². The molecule has 4 heterocycles. The summed E-state index contributed by atoms with van der Waals surface area (Å²) in [7, 11) is 0. The fraction of sp³-hybridized carbons (Fsp3) is 0.350. The molecule has 5 heteroatoms. The zero-order valence-corrected chi connectivity index (χ0v) is 14.5. The quantitative estimate of drug-likeness (QED) is 0.734. The van der Waals surface area contributed by atoms with Gasteiger partial charge in [0.05, 0.1) is 6.54 Å². The second kappa shape index (κ2) is 7.05. The summed E-state index contributed by atoms with van der Waals surface area (Å²) in [5, 5.41) is 0. The summed E-state index contributed by atoms with van der Waals surface area (Å²) in [5.41, 5.74) is 2.44. The third-order valence-corrected chi connectivity index (χ3v) is 4.89. The normalized spacial score (nSPS) is 17.6. The van der Waals surface area contributed by atoms with Crippen LogP contribution in [0.1, 0.15) is 35.7 Å². The molecule has 0 bridgehead atoms. The van der Waals surface area contributed by atoms with E-state index in [1.54, 1.807) is 0 Å². The highest BCUT2D eigenvalue weighted by molar-refractivity contribution is 5.46. The number of hydrogen-bond donors (Lipinski definition) is 0. The number of hydrogen-bond acceptors (Lipinski definition) is 4. The molecule has 1 aliphatic rings. The van der Waals surface area contributed by atoms with Gasteiger partial charge in [0, 0.05) is 50.0 Å². The molecule has 1 fully saturated rings. The van der Waals surface area contributed by atoms with Gasteiger partial charge in [0.15, 0.2) is 0 Å². The van der Waals surface area contributed by atoms with Crippen molar-refractivity contribution in [2.45, 2.75) is 32.2 Å². The molecule has 1 atom stereocenters. The zero-order chi connectivity index (χ0) is 17.1. The summed E-state index contributed by atoms with van der Waals surface area (Å²) in [6.07, 6.45) is 12.0. The Morgan fingerprint density at radius 2 is 2.04 bits per heavy atom. The first kappa shape index (κ1) is 15.8.